The lowest BCUT2D eigenvalue weighted by atomic mass is 10.2. The molecule has 0 aliphatic carbocycles. The van der Waals surface area contributed by atoms with Crippen molar-refractivity contribution in [2.24, 2.45) is 0 Å². The van der Waals surface area contributed by atoms with Crippen molar-refractivity contribution in [1.29, 1.82) is 0 Å². The van der Waals surface area contributed by atoms with Gasteiger partial charge in [0.2, 0.25) is 5.91 Å². The summed E-state index contributed by atoms with van der Waals surface area (Å²) < 4.78 is 0. The van der Waals surface area contributed by atoms with E-state index in [1.165, 1.54) is 5.69 Å². The number of nitrogens with one attached hydrogen (secondary N) is 1. The highest BCUT2D eigenvalue weighted by Crippen LogP contribution is 2.23. The number of hydrogen-bond acceptors (Lipinski definition) is 3. The van der Waals surface area contributed by atoms with Crippen LogP contribution in [0.4, 0.5) is 5.69 Å². The van der Waals surface area contributed by atoms with E-state index in [1.54, 1.807) is 0 Å². The quantitative estimate of drug-likeness (QED) is 0.836. The number of piperazine rings is 1. The second-order valence-electron chi connectivity index (χ2n) is 4.50. The lowest BCUT2D eigenvalue weighted by molar-refractivity contribution is -0.131. The number of H-pyrrole nitrogens is 1. The van der Waals surface area contributed by atoms with E-state index in [0.717, 1.165) is 37.6 Å². The summed E-state index contributed by atoms with van der Waals surface area (Å²) in [6.07, 6.45) is 0.601. The summed E-state index contributed by atoms with van der Waals surface area (Å²) >= 11 is 0. The molecule has 1 aromatic heterocycles. The molecule has 0 aromatic carbocycles. The van der Waals surface area contributed by atoms with Crippen LogP contribution in [0.15, 0.2) is 0 Å². The van der Waals surface area contributed by atoms with Crippen LogP contribution in [0.2, 0.25) is 0 Å². The third-order valence-electron chi connectivity index (χ3n) is 3.34. The third kappa shape index (κ3) is 2.28. The third-order valence-corrected chi connectivity index (χ3v) is 3.34. The minimum absolute atomic E-state index is 0.255. The molecule has 94 valence electrons. The van der Waals surface area contributed by atoms with E-state index in [0.29, 0.717) is 6.42 Å². The molecule has 0 bridgehead atoms. The van der Waals surface area contributed by atoms with E-state index in [2.05, 4.69) is 15.1 Å². The van der Waals surface area contributed by atoms with Gasteiger partial charge in [-0.25, -0.2) is 0 Å². The number of anilines is 1. The molecule has 1 fully saturated rings. The predicted molar refractivity (Wildman–Crippen MR) is 67.1 cm³/mol. The smallest absolute Gasteiger partial charge is 0.222 e. The van der Waals surface area contributed by atoms with Crippen molar-refractivity contribution < 1.29 is 4.79 Å². The molecule has 5 heteroatoms. The molecule has 1 N–H and O–H groups in total. The molecule has 0 spiro atoms. The molecule has 1 aliphatic rings. The Morgan fingerprint density at radius 3 is 2.41 bits per heavy atom. The van der Waals surface area contributed by atoms with Gasteiger partial charge in [-0.1, -0.05) is 6.92 Å². The number of aryl methyl sites for hydroxylation is 2. The molecule has 17 heavy (non-hydrogen) atoms. The Labute approximate surface area is 102 Å². The van der Waals surface area contributed by atoms with Crippen LogP contribution in [0.25, 0.3) is 0 Å². The fraction of sp³-hybridized carbons (Fsp3) is 0.667. The molecule has 1 saturated heterocycles. The lowest BCUT2D eigenvalue weighted by Gasteiger charge is -2.36. The minimum Gasteiger partial charge on any atom is -0.365 e. The van der Waals surface area contributed by atoms with E-state index in [4.69, 9.17) is 0 Å². The van der Waals surface area contributed by atoms with Gasteiger partial charge in [-0.3, -0.25) is 9.89 Å². The molecule has 0 radical (unpaired) electrons. The number of aromatic nitrogens is 2. The highest BCUT2D eigenvalue weighted by atomic mass is 16.2. The van der Waals surface area contributed by atoms with E-state index in [1.807, 2.05) is 25.7 Å². The van der Waals surface area contributed by atoms with Crippen LogP contribution in [0, 0.1) is 13.8 Å². The summed E-state index contributed by atoms with van der Waals surface area (Å²) in [5.41, 5.74) is 3.35. The zero-order chi connectivity index (χ0) is 12.4. The predicted octanol–water partition coefficient (Wildman–Crippen LogP) is 1.09. The Bertz CT molecular complexity index is 385. The number of rotatable bonds is 2. The Morgan fingerprint density at radius 2 is 1.94 bits per heavy atom. The van der Waals surface area contributed by atoms with Gasteiger partial charge in [-0.2, -0.15) is 5.10 Å². The molecule has 0 atom stereocenters. The Morgan fingerprint density at radius 1 is 1.29 bits per heavy atom. The van der Waals surface area contributed by atoms with Crippen molar-refractivity contribution in [1.82, 2.24) is 15.1 Å². The molecule has 1 aliphatic heterocycles. The van der Waals surface area contributed by atoms with E-state index < -0.39 is 0 Å². The van der Waals surface area contributed by atoms with Crippen LogP contribution in [0.3, 0.4) is 0 Å². The average Bonchev–Trinajstić information content (AvgIpc) is 2.68. The largest absolute Gasteiger partial charge is 0.365 e. The Hall–Kier alpha value is -1.52. The van der Waals surface area contributed by atoms with Gasteiger partial charge in [0.05, 0.1) is 17.1 Å². The van der Waals surface area contributed by atoms with Crippen molar-refractivity contribution in [3.63, 3.8) is 0 Å². The first kappa shape index (κ1) is 12.0. The maximum Gasteiger partial charge on any atom is 0.222 e. The van der Waals surface area contributed by atoms with Crippen molar-refractivity contribution in [2.75, 3.05) is 31.1 Å². The van der Waals surface area contributed by atoms with Gasteiger partial charge in [0.25, 0.3) is 0 Å². The molecular formula is C12H20N4O. The van der Waals surface area contributed by atoms with Gasteiger partial charge >= 0.3 is 0 Å². The van der Waals surface area contributed by atoms with Crippen molar-refractivity contribution in [2.45, 2.75) is 27.2 Å². The van der Waals surface area contributed by atoms with Gasteiger partial charge < -0.3 is 9.80 Å². The number of hydrogen-bond donors (Lipinski definition) is 1. The highest BCUT2D eigenvalue weighted by Gasteiger charge is 2.22. The molecule has 0 unspecified atom stereocenters. The first-order valence-electron chi connectivity index (χ1n) is 6.17. The Balaban J connectivity index is 2.02. The lowest BCUT2D eigenvalue weighted by Crippen LogP contribution is -2.48. The van der Waals surface area contributed by atoms with Gasteiger partial charge in [-0.05, 0) is 13.8 Å². The number of aromatic amines is 1. The molecular weight excluding hydrogens is 216 g/mol. The summed E-state index contributed by atoms with van der Waals surface area (Å²) in [6, 6.07) is 0. The first-order chi connectivity index (χ1) is 8.13. The summed E-state index contributed by atoms with van der Waals surface area (Å²) in [4.78, 5) is 15.8. The monoisotopic (exact) mass is 236 g/mol. The van der Waals surface area contributed by atoms with Gasteiger partial charge in [0.15, 0.2) is 0 Å². The summed E-state index contributed by atoms with van der Waals surface area (Å²) in [6.45, 7) is 9.40. The van der Waals surface area contributed by atoms with Crippen molar-refractivity contribution in [3.8, 4) is 0 Å². The fourth-order valence-corrected chi connectivity index (χ4v) is 2.41. The normalized spacial score (nSPS) is 16.4. The van der Waals surface area contributed by atoms with Crippen LogP contribution >= 0.6 is 0 Å². The van der Waals surface area contributed by atoms with E-state index >= 15 is 0 Å². The van der Waals surface area contributed by atoms with Gasteiger partial charge in [0, 0.05) is 32.6 Å². The summed E-state index contributed by atoms with van der Waals surface area (Å²) in [5, 5.41) is 7.22. The molecule has 1 amide bonds. The zero-order valence-electron chi connectivity index (χ0n) is 10.8. The SMILES string of the molecule is CCC(=O)N1CCN(c2c(C)n[nH]c2C)CC1. The van der Waals surface area contributed by atoms with Crippen LogP contribution in [-0.2, 0) is 4.79 Å². The van der Waals surface area contributed by atoms with E-state index in [-0.39, 0.29) is 5.91 Å². The van der Waals surface area contributed by atoms with Crippen molar-refractivity contribution in [3.05, 3.63) is 11.4 Å². The minimum atomic E-state index is 0.255. The number of carbonyl (C=O) groups is 1. The highest BCUT2D eigenvalue weighted by molar-refractivity contribution is 5.76. The summed E-state index contributed by atoms with van der Waals surface area (Å²) in [5.74, 6) is 0.255. The van der Waals surface area contributed by atoms with Crippen LogP contribution < -0.4 is 4.90 Å². The maximum absolute atomic E-state index is 11.6. The second-order valence-corrected chi connectivity index (χ2v) is 4.50. The molecule has 2 rings (SSSR count). The summed E-state index contributed by atoms with van der Waals surface area (Å²) in [7, 11) is 0. The van der Waals surface area contributed by atoms with Crippen molar-refractivity contribution >= 4 is 11.6 Å². The molecule has 5 nitrogen and oxygen atoms in total. The fourth-order valence-electron chi connectivity index (χ4n) is 2.41. The number of amides is 1. The molecule has 2 heterocycles. The van der Waals surface area contributed by atoms with Crippen LogP contribution in [-0.4, -0.2) is 47.2 Å². The molecule has 0 saturated carbocycles. The average molecular weight is 236 g/mol. The number of nitrogens with zero attached hydrogens (tertiary/aromatic N) is 3. The van der Waals surface area contributed by atoms with Gasteiger partial charge in [0.1, 0.15) is 0 Å². The zero-order valence-corrected chi connectivity index (χ0v) is 10.8. The van der Waals surface area contributed by atoms with E-state index in [9.17, 15) is 4.79 Å². The topological polar surface area (TPSA) is 52.2 Å². The second kappa shape index (κ2) is 4.77. The van der Waals surface area contributed by atoms with Crippen LogP contribution in [0.1, 0.15) is 24.7 Å². The standard InChI is InChI=1S/C12H20N4O/c1-4-11(17)15-5-7-16(8-6-15)12-9(2)13-14-10(12)3/h4-8H2,1-3H3,(H,13,14). The van der Waals surface area contributed by atoms with Crippen LogP contribution in [0.5, 0.6) is 0 Å². The number of carbonyl (C=O) groups excluding carboxylic acids is 1. The Kier molecular flexibility index (Phi) is 3.36. The maximum atomic E-state index is 11.6. The molecule has 1 aromatic rings. The first-order valence-corrected chi connectivity index (χ1v) is 6.17. The van der Waals surface area contributed by atoms with Gasteiger partial charge in [-0.15, -0.1) is 0 Å².